The van der Waals surface area contributed by atoms with Crippen LogP contribution >= 0.6 is 11.6 Å². The van der Waals surface area contributed by atoms with Gasteiger partial charge in [-0.1, -0.05) is 0 Å². The van der Waals surface area contributed by atoms with E-state index in [2.05, 4.69) is 25.6 Å². The summed E-state index contributed by atoms with van der Waals surface area (Å²) >= 11 is 6.25. The lowest BCUT2D eigenvalue weighted by atomic mass is 10.1. The molecular formula is C29H30ClN7O4. The molecule has 11 nitrogen and oxygen atoms in total. The third kappa shape index (κ3) is 5.66. The van der Waals surface area contributed by atoms with Crippen molar-refractivity contribution in [3.05, 3.63) is 64.2 Å². The van der Waals surface area contributed by atoms with Crippen molar-refractivity contribution < 1.29 is 18.9 Å². The standard InChI is InChI=1S/C29H30ClN7O4/c1-15-17(11-19-21(38-3)7-9-23(40-5)25(19)33-15)13-31-28-35-27(30)36-29(37-28)32-14-18-12-20-22(39-4)8-10-24(41-6)26(20)34-16(18)2/h7-12H,13-14H2,1-6H3,(H2,31,32,35,36,37). The average Bonchev–Trinajstić information content (AvgIpc) is 2.97. The third-order valence-corrected chi connectivity index (χ3v) is 6.94. The highest BCUT2D eigenvalue weighted by Crippen LogP contribution is 2.34. The minimum atomic E-state index is 0.0597. The molecule has 0 aliphatic heterocycles. The van der Waals surface area contributed by atoms with E-state index >= 15 is 0 Å². The van der Waals surface area contributed by atoms with Crippen molar-refractivity contribution in [3.63, 3.8) is 0 Å². The maximum absolute atomic E-state index is 6.25. The van der Waals surface area contributed by atoms with Crippen LogP contribution in [0.5, 0.6) is 23.0 Å². The Morgan fingerprint density at radius 3 is 1.37 bits per heavy atom. The number of methoxy groups -OCH3 is 4. The van der Waals surface area contributed by atoms with Crippen LogP contribution in [0.3, 0.4) is 0 Å². The van der Waals surface area contributed by atoms with E-state index in [1.165, 1.54) is 0 Å². The molecule has 12 heteroatoms. The Balaban J connectivity index is 1.36. The zero-order chi connectivity index (χ0) is 29.1. The molecule has 0 radical (unpaired) electrons. The molecule has 0 amide bonds. The summed E-state index contributed by atoms with van der Waals surface area (Å²) in [7, 11) is 6.50. The predicted octanol–water partition coefficient (Wildman–Crippen LogP) is 5.50. The molecule has 0 bridgehead atoms. The fraction of sp³-hybridized carbons (Fsp3) is 0.276. The number of ether oxygens (including phenoxy) is 4. The molecule has 2 N–H and O–H groups in total. The van der Waals surface area contributed by atoms with Gasteiger partial charge >= 0.3 is 0 Å². The van der Waals surface area contributed by atoms with E-state index in [-0.39, 0.29) is 5.28 Å². The van der Waals surface area contributed by atoms with Gasteiger partial charge in [-0.15, -0.1) is 0 Å². The van der Waals surface area contributed by atoms with E-state index in [0.29, 0.717) is 48.0 Å². The van der Waals surface area contributed by atoms with Gasteiger partial charge < -0.3 is 29.6 Å². The van der Waals surface area contributed by atoms with Gasteiger partial charge in [0.1, 0.15) is 34.0 Å². The average molecular weight is 576 g/mol. The molecule has 0 spiro atoms. The van der Waals surface area contributed by atoms with Crippen LogP contribution < -0.4 is 29.6 Å². The molecule has 0 saturated heterocycles. The molecule has 0 fully saturated rings. The second kappa shape index (κ2) is 11.8. The second-order valence-electron chi connectivity index (χ2n) is 9.16. The van der Waals surface area contributed by atoms with Crippen molar-refractivity contribution in [3.8, 4) is 23.0 Å². The van der Waals surface area contributed by atoms with E-state index in [1.807, 2.05) is 50.2 Å². The SMILES string of the molecule is COc1ccc(OC)c2nc(C)c(CNc3nc(Cl)nc(NCc4cc5c(OC)ccc(OC)c5nc4C)n3)cc12. The number of hydrogen-bond acceptors (Lipinski definition) is 11. The van der Waals surface area contributed by atoms with Crippen LogP contribution in [0.15, 0.2) is 36.4 Å². The summed E-state index contributed by atoms with van der Waals surface area (Å²) < 4.78 is 22.1. The van der Waals surface area contributed by atoms with Crippen LogP contribution in [-0.2, 0) is 13.1 Å². The van der Waals surface area contributed by atoms with E-state index in [9.17, 15) is 0 Å². The number of nitrogens with zero attached hydrogens (tertiary/aromatic N) is 5. The summed E-state index contributed by atoms with van der Waals surface area (Å²) in [5.41, 5.74) is 5.02. The number of benzene rings is 2. The van der Waals surface area contributed by atoms with Crippen molar-refractivity contribution in [1.82, 2.24) is 24.9 Å². The number of halogens is 1. The van der Waals surface area contributed by atoms with Gasteiger partial charge in [0.05, 0.1) is 28.4 Å². The topological polar surface area (TPSA) is 125 Å². The number of aryl methyl sites for hydroxylation is 2. The molecule has 0 unspecified atom stereocenters. The van der Waals surface area contributed by atoms with Crippen molar-refractivity contribution in [2.75, 3.05) is 39.1 Å². The van der Waals surface area contributed by atoms with Gasteiger partial charge in [-0.3, -0.25) is 0 Å². The minimum Gasteiger partial charge on any atom is -0.496 e. The lowest BCUT2D eigenvalue weighted by Crippen LogP contribution is -2.11. The van der Waals surface area contributed by atoms with Gasteiger partial charge in [0.15, 0.2) is 0 Å². The predicted molar refractivity (Wildman–Crippen MR) is 159 cm³/mol. The lowest BCUT2D eigenvalue weighted by molar-refractivity contribution is 0.409. The Hall–Kier alpha value is -4.64. The first-order valence-corrected chi connectivity index (χ1v) is 13.1. The minimum absolute atomic E-state index is 0.0597. The van der Waals surface area contributed by atoms with Crippen LogP contribution in [0.25, 0.3) is 21.8 Å². The largest absolute Gasteiger partial charge is 0.496 e. The molecule has 5 rings (SSSR count). The van der Waals surface area contributed by atoms with E-state index in [0.717, 1.165) is 44.3 Å². The van der Waals surface area contributed by atoms with Gasteiger partial charge in [0.2, 0.25) is 17.2 Å². The van der Waals surface area contributed by atoms with Gasteiger partial charge in [-0.05, 0) is 73.0 Å². The van der Waals surface area contributed by atoms with Crippen LogP contribution in [0.2, 0.25) is 5.28 Å². The molecule has 0 aliphatic carbocycles. The summed E-state index contributed by atoms with van der Waals surface area (Å²) in [6.45, 7) is 4.69. The molecular weight excluding hydrogens is 546 g/mol. The molecule has 5 aromatic rings. The first-order chi connectivity index (χ1) is 19.8. The number of anilines is 2. The molecule has 2 aromatic carbocycles. The van der Waals surface area contributed by atoms with E-state index in [4.69, 9.17) is 40.5 Å². The second-order valence-corrected chi connectivity index (χ2v) is 9.50. The normalized spacial score (nSPS) is 11.0. The lowest BCUT2D eigenvalue weighted by Gasteiger charge is -2.14. The highest BCUT2D eigenvalue weighted by molar-refractivity contribution is 6.28. The fourth-order valence-corrected chi connectivity index (χ4v) is 4.75. The maximum atomic E-state index is 6.25. The molecule has 3 aromatic heterocycles. The molecule has 212 valence electrons. The van der Waals surface area contributed by atoms with Crippen molar-refractivity contribution in [2.24, 2.45) is 0 Å². The quantitative estimate of drug-likeness (QED) is 0.219. The van der Waals surface area contributed by atoms with Crippen molar-refractivity contribution in [2.45, 2.75) is 26.9 Å². The molecule has 0 aliphatic rings. The van der Waals surface area contributed by atoms with Gasteiger partial charge in [-0.25, -0.2) is 9.97 Å². The van der Waals surface area contributed by atoms with Crippen LogP contribution in [0.1, 0.15) is 22.5 Å². The first kappa shape index (κ1) is 27.9. The Morgan fingerprint density at radius 2 is 0.976 bits per heavy atom. The van der Waals surface area contributed by atoms with Gasteiger partial charge in [0, 0.05) is 35.2 Å². The Kier molecular flexibility index (Phi) is 8.06. The maximum Gasteiger partial charge on any atom is 0.229 e. The zero-order valence-electron chi connectivity index (χ0n) is 23.6. The molecule has 0 atom stereocenters. The molecule has 0 saturated carbocycles. The van der Waals surface area contributed by atoms with Crippen molar-refractivity contribution >= 4 is 45.3 Å². The summed E-state index contributed by atoms with van der Waals surface area (Å²) in [6, 6.07) is 11.4. The first-order valence-electron chi connectivity index (χ1n) is 12.8. The summed E-state index contributed by atoms with van der Waals surface area (Å²) in [5.74, 6) is 3.42. The van der Waals surface area contributed by atoms with Gasteiger partial charge in [0.25, 0.3) is 0 Å². The van der Waals surface area contributed by atoms with E-state index < -0.39 is 0 Å². The summed E-state index contributed by atoms with van der Waals surface area (Å²) in [5, 5.41) is 8.22. The summed E-state index contributed by atoms with van der Waals surface area (Å²) in [6.07, 6.45) is 0. The van der Waals surface area contributed by atoms with Crippen molar-refractivity contribution in [1.29, 1.82) is 0 Å². The van der Waals surface area contributed by atoms with E-state index in [1.54, 1.807) is 28.4 Å². The number of rotatable bonds is 10. The highest BCUT2D eigenvalue weighted by atomic mass is 35.5. The Bertz CT molecular complexity index is 1630. The monoisotopic (exact) mass is 575 g/mol. The third-order valence-electron chi connectivity index (χ3n) is 6.77. The Morgan fingerprint density at radius 1 is 0.585 bits per heavy atom. The number of nitrogens with one attached hydrogen (secondary N) is 2. The summed E-state index contributed by atoms with van der Waals surface area (Å²) in [4.78, 5) is 22.5. The number of aromatic nitrogens is 5. The number of fused-ring (bicyclic) bond motifs is 2. The highest BCUT2D eigenvalue weighted by Gasteiger charge is 2.15. The van der Waals surface area contributed by atoms with Gasteiger partial charge in [-0.2, -0.15) is 15.0 Å². The molecule has 3 heterocycles. The fourth-order valence-electron chi connectivity index (χ4n) is 4.59. The number of hydrogen-bond donors (Lipinski definition) is 2. The van der Waals surface area contributed by atoms with Crippen LogP contribution in [0.4, 0.5) is 11.9 Å². The van der Waals surface area contributed by atoms with Crippen LogP contribution in [-0.4, -0.2) is 53.4 Å². The number of pyridine rings is 2. The molecule has 41 heavy (non-hydrogen) atoms. The zero-order valence-corrected chi connectivity index (χ0v) is 24.4. The van der Waals surface area contributed by atoms with Crippen LogP contribution in [0, 0.1) is 13.8 Å². The Labute approximate surface area is 242 Å². The smallest absolute Gasteiger partial charge is 0.229 e.